The third kappa shape index (κ3) is 8.60. The summed E-state index contributed by atoms with van der Waals surface area (Å²) in [6.45, 7) is 7.68. The number of rotatable bonds is 12. The van der Waals surface area contributed by atoms with Crippen LogP contribution in [0.4, 0.5) is 0 Å². The van der Waals surface area contributed by atoms with Crippen molar-refractivity contribution in [1.29, 1.82) is 0 Å². The van der Waals surface area contributed by atoms with Crippen LogP contribution in [-0.2, 0) is 9.47 Å². The summed E-state index contributed by atoms with van der Waals surface area (Å²) < 4.78 is 16.5. The lowest BCUT2D eigenvalue weighted by atomic mass is 10.1. The van der Waals surface area contributed by atoms with Gasteiger partial charge in [0.05, 0.1) is 32.9 Å². The van der Waals surface area contributed by atoms with E-state index in [1.54, 1.807) is 7.11 Å². The zero-order chi connectivity index (χ0) is 20.9. The maximum absolute atomic E-state index is 5.77. The molecule has 2 atom stereocenters. The normalized spacial score (nSPS) is 18.1. The predicted octanol–water partition coefficient (Wildman–Crippen LogP) is 2.30. The van der Waals surface area contributed by atoms with E-state index in [9.17, 15) is 0 Å². The standard InChI is InChI=1S/C22H38N4O3/c1-5-23-22(24-11-7-12-28-16-18-10-13-29-17-18)25-15-21(26(2)3)19-8-6-9-20(14-19)27-4/h6,8-9,14,18,21H,5,7,10-13,15-17H2,1-4H3,(H2,23,24,25). The highest BCUT2D eigenvalue weighted by atomic mass is 16.5. The van der Waals surface area contributed by atoms with Crippen LogP contribution in [0.2, 0.25) is 0 Å². The number of likely N-dealkylation sites (N-methyl/N-ethyl adjacent to an activating group) is 1. The summed E-state index contributed by atoms with van der Waals surface area (Å²) >= 11 is 0. The maximum Gasteiger partial charge on any atom is 0.191 e. The molecule has 2 unspecified atom stereocenters. The Morgan fingerprint density at radius 1 is 1.34 bits per heavy atom. The van der Waals surface area contributed by atoms with Crippen LogP contribution in [0.15, 0.2) is 29.3 Å². The lowest BCUT2D eigenvalue weighted by Crippen LogP contribution is -2.38. The van der Waals surface area contributed by atoms with Gasteiger partial charge in [-0.2, -0.15) is 0 Å². The molecule has 1 aliphatic rings. The van der Waals surface area contributed by atoms with Crippen LogP contribution in [0.3, 0.4) is 0 Å². The third-order valence-electron chi connectivity index (χ3n) is 5.00. The summed E-state index contributed by atoms with van der Waals surface area (Å²) in [4.78, 5) is 6.99. The highest BCUT2D eigenvalue weighted by Crippen LogP contribution is 2.22. The van der Waals surface area contributed by atoms with Crippen molar-refractivity contribution in [3.05, 3.63) is 29.8 Å². The summed E-state index contributed by atoms with van der Waals surface area (Å²) in [5.74, 6) is 2.28. The first-order valence-corrected chi connectivity index (χ1v) is 10.6. The summed E-state index contributed by atoms with van der Waals surface area (Å²) in [6.07, 6.45) is 2.07. The molecular formula is C22H38N4O3. The number of benzene rings is 1. The fourth-order valence-electron chi connectivity index (χ4n) is 3.28. The van der Waals surface area contributed by atoms with Gasteiger partial charge in [-0.1, -0.05) is 12.1 Å². The van der Waals surface area contributed by atoms with E-state index in [1.807, 2.05) is 12.1 Å². The molecule has 0 aliphatic carbocycles. The van der Waals surface area contributed by atoms with E-state index in [2.05, 4.69) is 48.7 Å². The summed E-state index contributed by atoms with van der Waals surface area (Å²) in [5.41, 5.74) is 1.19. The van der Waals surface area contributed by atoms with E-state index in [-0.39, 0.29) is 6.04 Å². The molecule has 1 heterocycles. The molecule has 1 aromatic rings. The first kappa shape index (κ1) is 23.4. The molecule has 7 heteroatoms. The molecule has 1 fully saturated rings. The van der Waals surface area contributed by atoms with E-state index in [0.717, 1.165) is 64.1 Å². The smallest absolute Gasteiger partial charge is 0.191 e. The maximum atomic E-state index is 5.77. The Hall–Kier alpha value is -1.83. The van der Waals surface area contributed by atoms with Crippen molar-refractivity contribution in [2.24, 2.45) is 10.9 Å². The molecule has 0 aromatic heterocycles. The van der Waals surface area contributed by atoms with Gasteiger partial charge in [0.1, 0.15) is 5.75 Å². The molecule has 1 saturated heterocycles. The molecule has 0 saturated carbocycles. The van der Waals surface area contributed by atoms with Crippen molar-refractivity contribution in [2.75, 3.05) is 67.3 Å². The average molecular weight is 407 g/mol. The molecule has 1 aromatic carbocycles. The Labute approximate surface area is 175 Å². The highest BCUT2D eigenvalue weighted by molar-refractivity contribution is 5.79. The van der Waals surface area contributed by atoms with Gasteiger partial charge in [0.25, 0.3) is 0 Å². The van der Waals surface area contributed by atoms with Crippen molar-refractivity contribution in [3.63, 3.8) is 0 Å². The molecule has 0 bridgehead atoms. The number of ether oxygens (including phenoxy) is 3. The van der Waals surface area contributed by atoms with Gasteiger partial charge >= 0.3 is 0 Å². The number of hydrogen-bond donors (Lipinski definition) is 2. The van der Waals surface area contributed by atoms with Crippen LogP contribution in [-0.4, -0.2) is 78.1 Å². The molecule has 2 N–H and O–H groups in total. The largest absolute Gasteiger partial charge is 0.497 e. The number of nitrogens with zero attached hydrogens (tertiary/aromatic N) is 2. The van der Waals surface area contributed by atoms with Crippen molar-refractivity contribution >= 4 is 5.96 Å². The Bertz CT molecular complexity index is 603. The molecule has 29 heavy (non-hydrogen) atoms. The molecule has 164 valence electrons. The van der Waals surface area contributed by atoms with Crippen LogP contribution < -0.4 is 15.4 Å². The van der Waals surface area contributed by atoms with Gasteiger partial charge in [-0.25, -0.2) is 0 Å². The van der Waals surface area contributed by atoms with Crippen LogP contribution >= 0.6 is 0 Å². The van der Waals surface area contributed by atoms with E-state index >= 15 is 0 Å². The Kier molecular flexibility index (Phi) is 10.8. The number of nitrogens with one attached hydrogen (secondary N) is 2. The first-order valence-electron chi connectivity index (χ1n) is 10.6. The zero-order valence-corrected chi connectivity index (χ0v) is 18.4. The lowest BCUT2D eigenvalue weighted by molar-refractivity contribution is 0.0888. The Morgan fingerprint density at radius 2 is 2.21 bits per heavy atom. The zero-order valence-electron chi connectivity index (χ0n) is 18.4. The van der Waals surface area contributed by atoms with Gasteiger partial charge in [0, 0.05) is 32.2 Å². The van der Waals surface area contributed by atoms with Crippen LogP contribution in [0.1, 0.15) is 31.4 Å². The quantitative estimate of drug-likeness (QED) is 0.315. The minimum absolute atomic E-state index is 0.178. The van der Waals surface area contributed by atoms with Gasteiger partial charge < -0.3 is 29.7 Å². The molecule has 7 nitrogen and oxygen atoms in total. The third-order valence-corrected chi connectivity index (χ3v) is 5.00. The van der Waals surface area contributed by atoms with Crippen molar-refractivity contribution < 1.29 is 14.2 Å². The first-order chi connectivity index (χ1) is 14.1. The molecule has 0 amide bonds. The summed E-state index contributed by atoms with van der Waals surface area (Å²) in [6, 6.07) is 8.36. The fraction of sp³-hybridized carbons (Fsp3) is 0.682. The van der Waals surface area contributed by atoms with Crippen molar-refractivity contribution in [1.82, 2.24) is 15.5 Å². The number of aliphatic imine (C=N–C) groups is 1. The second-order valence-electron chi connectivity index (χ2n) is 7.56. The Balaban J connectivity index is 1.80. The average Bonchev–Trinajstić information content (AvgIpc) is 3.24. The predicted molar refractivity (Wildman–Crippen MR) is 118 cm³/mol. The SMILES string of the molecule is CCNC(=NCC(c1cccc(OC)c1)N(C)C)NCCCOCC1CCOC1. The molecule has 0 radical (unpaired) electrons. The monoisotopic (exact) mass is 406 g/mol. The second kappa shape index (κ2) is 13.4. The van der Waals surface area contributed by atoms with Crippen LogP contribution in [0.5, 0.6) is 5.75 Å². The van der Waals surface area contributed by atoms with Gasteiger partial charge in [0.15, 0.2) is 5.96 Å². The molecule has 1 aliphatic heterocycles. The van der Waals surface area contributed by atoms with Gasteiger partial charge in [0.2, 0.25) is 0 Å². The number of hydrogen-bond acceptors (Lipinski definition) is 5. The topological polar surface area (TPSA) is 67.4 Å². The highest BCUT2D eigenvalue weighted by Gasteiger charge is 2.16. The van der Waals surface area contributed by atoms with Crippen molar-refractivity contribution in [2.45, 2.75) is 25.8 Å². The van der Waals surface area contributed by atoms with Crippen LogP contribution in [0, 0.1) is 5.92 Å². The molecular weight excluding hydrogens is 368 g/mol. The molecule has 2 rings (SSSR count). The minimum atomic E-state index is 0.178. The number of methoxy groups -OCH3 is 1. The lowest BCUT2D eigenvalue weighted by Gasteiger charge is -2.24. The van der Waals surface area contributed by atoms with E-state index in [1.165, 1.54) is 5.56 Å². The van der Waals surface area contributed by atoms with Crippen molar-refractivity contribution in [3.8, 4) is 5.75 Å². The van der Waals surface area contributed by atoms with Crippen LogP contribution in [0.25, 0.3) is 0 Å². The van der Waals surface area contributed by atoms with E-state index in [0.29, 0.717) is 12.5 Å². The van der Waals surface area contributed by atoms with Gasteiger partial charge in [-0.15, -0.1) is 0 Å². The molecule has 0 spiro atoms. The fourth-order valence-corrected chi connectivity index (χ4v) is 3.28. The van der Waals surface area contributed by atoms with Gasteiger partial charge in [-0.3, -0.25) is 4.99 Å². The summed E-state index contributed by atoms with van der Waals surface area (Å²) in [5, 5.41) is 6.73. The Morgan fingerprint density at radius 3 is 2.90 bits per heavy atom. The number of guanidine groups is 1. The van der Waals surface area contributed by atoms with Gasteiger partial charge in [-0.05, 0) is 51.6 Å². The van der Waals surface area contributed by atoms with E-state index < -0.39 is 0 Å². The second-order valence-corrected chi connectivity index (χ2v) is 7.56. The minimum Gasteiger partial charge on any atom is -0.497 e. The van der Waals surface area contributed by atoms with E-state index in [4.69, 9.17) is 19.2 Å². The summed E-state index contributed by atoms with van der Waals surface area (Å²) in [7, 11) is 5.85.